The molecule has 24 heavy (non-hydrogen) atoms. The molecular weight excluding hydrogens is 304 g/mol. The predicted octanol–water partition coefficient (Wildman–Crippen LogP) is 2.33. The fraction of sp³-hybridized carbons (Fsp3) is 0.632. The summed E-state index contributed by atoms with van der Waals surface area (Å²) in [7, 11) is 3.23. The van der Waals surface area contributed by atoms with Crippen LogP contribution in [0.4, 0.5) is 0 Å². The summed E-state index contributed by atoms with van der Waals surface area (Å²) >= 11 is 0. The maximum absolute atomic E-state index is 12.6. The average molecular weight is 332 g/mol. The maximum atomic E-state index is 12.6. The first-order valence-electron chi connectivity index (χ1n) is 8.94. The fourth-order valence-electron chi connectivity index (χ4n) is 3.88. The molecule has 1 amide bonds. The molecule has 0 unspecified atom stereocenters. The molecule has 2 fully saturated rings. The van der Waals surface area contributed by atoms with Crippen LogP contribution in [0.3, 0.4) is 0 Å². The summed E-state index contributed by atoms with van der Waals surface area (Å²) < 4.78 is 10.6. The number of benzene rings is 1. The van der Waals surface area contributed by atoms with Crippen LogP contribution in [0.15, 0.2) is 18.2 Å². The molecule has 0 radical (unpaired) electrons. The zero-order valence-electron chi connectivity index (χ0n) is 14.8. The summed E-state index contributed by atoms with van der Waals surface area (Å²) in [6.07, 6.45) is 5.81. The van der Waals surface area contributed by atoms with Crippen molar-refractivity contribution >= 4 is 5.91 Å². The molecule has 5 heteroatoms. The van der Waals surface area contributed by atoms with Crippen molar-refractivity contribution in [3.63, 3.8) is 0 Å². The van der Waals surface area contributed by atoms with Gasteiger partial charge in [0.15, 0.2) is 11.5 Å². The predicted molar refractivity (Wildman–Crippen MR) is 93.7 cm³/mol. The van der Waals surface area contributed by atoms with Gasteiger partial charge in [-0.15, -0.1) is 0 Å². The van der Waals surface area contributed by atoms with Gasteiger partial charge in [0.2, 0.25) is 5.91 Å². The van der Waals surface area contributed by atoms with Crippen LogP contribution < -0.4 is 9.47 Å². The minimum atomic E-state index is 0.202. The smallest absolute Gasteiger partial charge is 0.227 e. The number of hydrogen-bond donors (Lipinski definition) is 0. The van der Waals surface area contributed by atoms with Crippen LogP contribution >= 0.6 is 0 Å². The second kappa shape index (κ2) is 7.88. The van der Waals surface area contributed by atoms with Gasteiger partial charge in [0.25, 0.3) is 0 Å². The van der Waals surface area contributed by atoms with E-state index in [9.17, 15) is 4.79 Å². The monoisotopic (exact) mass is 332 g/mol. The molecule has 0 atom stereocenters. The molecule has 1 aromatic carbocycles. The Morgan fingerprint density at radius 1 is 1.04 bits per heavy atom. The molecule has 0 N–H and O–H groups in total. The highest BCUT2D eigenvalue weighted by atomic mass is 16.5. The molecule has 1 heterocycles. The molecule has 3 rings (SSSR count). The van der Waals surface area contributed by atoms with Crippen LogP contribution in [0.1, 0.15) is 31.2 Å². The third kappa shape index (κ3) is 3.83. The molecule has 1 aromatic rings. The lowest BCUT2D eigenvalue weighted by Gasteiger charge is -2.38. The number of hydrogen-bond acceptors (Lipinski definition) is 4. The lowest BCUT2D eigenvalue weighted by molar-refractivity contribution is -0.132. The minimum absolute atomic E-state index is 0.202. The number of ether oxygens (including phenoxy) is 2. The van der Waals surface area contributed by atoms with E-state index in [1.165, 1.54) is 25.7 Å². The Balaban J connectivity index is 1.54. The Kier molecular flexibility index (Phi) is 5.61. The highest BCUT2D eigenvalue weighted by Crippen LogP contribution is 2.28. The number of methoxy groups -OCH3 is 2. The minimum Gasteiger partial charge on any atom is -0.493 e. The fourth-order valence-corrected chi connectivity index (χ4v) is 3.88. The standard InChI is InChI=1S/C19H28N2O3/c1-23-17-8-7-15(13-18(17)24-2)14-19(22)21-11-9-20(10-12-21)16-5-3-4-6-16/h7-8,13,16H,3-6,9-12,14H2,1-2H3. The van der Waals surface area contributed by atoms with Gasteiger partial charge in [-0.1, -0.05) is 18.9 Å². The van der Waals surface area contributed by atoms with Crippen molar-refractivity contribution in [3.8, 4) is 11.5 Å². The molecule has 5 nitrogen and oxygen atoms in total. The zero-order chi connectivity index (χ0) is 16.9. The molecule has 1 saturated heterocycles. The molecule has 0 bridgehead atoms. The van der Waals surface area contributed by atoms with Gasteiger partial charge in [0.1, 0.15) is 0 Å². The third-order valence-corrected chi connectivity index (χ3v) is 5.31. The lowest BCUT2D eigenvalue weighted by Crippen LogP contribution is -2.51. The van der Waals surface area contributed by atoms with E-state index in [1.807, 2.05) is 23.1 Å². The number of carbonyl (C=O) groups is 1. The van der Waals surface area contributed by atoms with Crippen LogP contribution in [0.2, 0.25) is 0 Å². The summed E-state index contributed by atoms with van der Waals surface area (Å²) in [5.41, 5.74) is 0.968. The van der Waals surface area contributed by atoms with Gasteiger partial charge in [0, 0.05) is 32.2 Å². The van der Waals surface area contributed by atoms with E-state index in [0.29, 0.717) is 17.9 Å². The maximum Gasteiger partial charge on any atom is 0.227 e. The SMILES string of the molecule is COc1ccc(CC(=O)N2CCN(C3CCCC3)CC2)cc1OC. The normalized spacial score (nSPS) is 19.5. The Hall–Kier alpha value is -1.75. The first-order valence-corrected chi connectivity index (χ1v) is 8.94. The summed E-state index contributed by atoms with van der Waals surface area (Å²) in [6.45, 7) is 3.73. The van der Waals surface area contributed by atoms with Crippen LogP contribution in [-0.2, 0) is 11.2 Å². The van der Waals surface area contributed by atoms with Gasteiger partial charge in [-0.25, -0.2) is 0 Å². The first-order chi connectivity index (χ1) is 11.7. The second-order valence-electron chi connectivity index (χ2n) is 6.72. The Labute approximate surface area is 144 Å². The van der Waals surface area contributed by atoms with E-state index in [2.05, 4.69) is 4.90 Å². The zero-order valence-corrected chi connectivity index (χ0v) is 14.8. The van der Waals surface area contributed by atoms with E-state index in [1.54, 1.807) is 14.2 Å². The van der Waals surface area contributed by atoms with Crippen LogP contribution in [0.5, 0.6) is 11.5 Å². The van der Waals surface area contributed by atoms with Crippen LogP contribution in [0, 0.1) is 0 Å². The number of carbonyl (C=O) groups excluding carboxylic acids is 1. The molecule has 1 aliphatic carbocycles. The van der Waals surface area contributed by atoms with Crippen molar-refractivity contribution in [3.05, 3.63) is 23.8 Å². The molecule has 2 aliphatic rings. The molecular formula is C19H28N2O3. The molecule has 1 saturated carbocycles. The van der Waals surface area contributed by atoms with E-state index >= 15 is 0 Å². The summed E-state index contributed by atoms with van der Waals surface area (Å²) in [5, 5.41) is 0. The highest BCUT2D eigenvalue weighted by Gasteiger charge is 2.27. The van der Waals surface area contributed by atoms with Crippen molar-refractivity contribution < 1.29 is 14.3 Å². The summed E-state index contributed by atoms with van der Waals surface area (Å²) in [5.74, 6) is 1.57. The largest absolute Gasteiger partial charge is 0.493 e. The van der Waals surface area contributed by atoms with E-state index in [4.69, 9.17) is 9.47 Å². The quantitative estimate of drug-likeness (QED) is 0.830. The van der Waals surface area contributed by atoms with E-state index < -0.39 is 0 Å². The van der Waals surface area contributed by atoms with E-state index in [-0.39, 0.29) is 5.91 Å². The number of rotatable bonds is 5. The lowest BCUT2D eigenvalue weighted by atomic mass is 10.1. The van der Waals surface area contributed by atoms with Crippen molar-refractivity contribution in [1.29, 1.82) is 0 Å². The van der Waals surface area contributed by atoms with Gasteiger partial charge in [0.05, 0.1) is 20.6 Å². The number of amides is 1. The summed E-state index contributed by atoms with van der Waals surface area (Å²) in [6, 6.07) is 6.45. The van der Waals surface area contributed by atoms with Gasteiger partial charge in [-0.2, -0.15) is 0 Å². The van der Waals surface area contributed by atoms with Gasteiger partial charge in [-0.05, 0) is 30.5 Å². The number of nitrogens with zero attached hydrogens (tertiary/aromatic N) is 2. The molecule has 0 aromatic heterocycles. The van der Waals surface area contributed by atoms with Crippen molar-refractivity contribution in [2.75, 3.05) is 40.4 Å². The average Bonchev–Trinajstić information content (AvgIpc) is 3.16. The topological polar surface area (TPSA) is 42.0 Å². The van der Waals surface area contributed by atoms with Crippen molar-refractivity contribution in [2.45, 2.75) is 38.1 Å². The Morgan fingerprint density at radius 3 is 2.33 bits per heavy atom. The van der Waals surface area contributed by atoms with Crippen molar-refractivity contribution in [1.82, 2.24) is 9.80 Å². The van der Waals surface area contributed by atoms with Gasteiger partial charge < -0.3 is 14.4 Å². The Morgan fingerprint density at radius 2 is 1.71 bits per heavy atom. The van der Waals surface area contributed by atoms with Crippen LogP contribution in [0.25, 0.3) is 0 Å². The van der Waals surface area contributed by atoms with Crippen molar-refractivity contribution in [2.24, 2.45) is 0 Å². The highest BCUT2D eigenvalue weighted by molar-refractivity contribution is 5.79. The molecule has 1 aliphatic heterocycles. The number of piperazine rings is 1. The first kappa shape index (κ1) is 17.1. The molecule has 0 spiro atoms. The summed E-state index contributed by atoms with van der Waals surface area (Å²) in [4.78, 5) is 17.2. The van der Waals surface area contributed by atoms with Crippen LogP contribution in [-0.4, -0.2) is 62.1 Å². The third-order valence-electron chi connectivity index (χ3n) is 5.31. The van der Waals surface area contributed by atoms with E-state index in [0.717, 1.165) is 37.8 Å². The second-order valence-corrected chi connectivity index (χ2v) is 6.72. The van der Waals surface area contributed by atoms with Gasteiger partial charge >= 0.3 is 0 Å². The Bertz CT molecular complexity index is 562. The molecule has 132 valence electrons. The van der Waals surface area contributed by atoms with Gasteiger partial charge in [-0.3, -0.25) is 9.69 Å².